The van der Waals surface area contributed by atoms with Crippen LogP contribution >= 0.6 is 0 Å². The van der Waals surface area contributed by atoms with Crippen molar-refractivity contribution in [1.82, 2.24) is 15.2 Å². The van der Waals surface area contributed by atoms with Crippen LogP contribution in [0.1, 0.15) is 48.1 Å². The number of halogens is 3. The van der Waals surface area contributed by atoms with E-state index >= 15 is 0 Å². The fraction of sp³-hybridized carbons (Fsp3) is 0.414. The van der Waals surface area contributed by atoms with Gasteiger partial charge in [-0.3, -0.25) is 9.88 Å². The maximum atomic E-state index is 13.4. The summed E-state index contributed by atoms with van der Waals surface area (Å²) in [6, 6.07) is 12.5. The molecule has 4 heterocycles. The fourth-order valence-electron chi connectivity index (χ4n) is 6.03. The third-order valence-corrected chi connectivity index (χ3v) is 7.81. The second-order valence-electron chi connectivity index (χ2n) is 10.6. The van der Waals surface area contributed by atoms with Crippen molar-refractivity contribution in [3.63, 3.8) is 0 Å². The summed E-state index contributed by atoms with van der Waals surface area (Å²) >= 11 is 0. The zero-order chi connectivity index (χ0) is 25.6. The van der Waals surface area contributed by atoms with E-state index in [4.69, 9.17) is 0 Å². The van der Waals surface area contributed by atoms with E-state index in [-0.39, 0.29) is 12.1 Å². The number of hydrogen-bond donors (Lipinski definition) is 2. The van der Waals surface area contributed by atoms with E-state index in [0.717, 1.165) is 53.7 Å². The molecular weight excluding hydrogens is 461 g/mol. The second-order valence-corrected chi connectivity index (χ2v) is 10.6. The quantitative estimate of drug-likeness (QED) is 0.395. The summed E-state index contributed by atoms with van der Waals surface area (Å²) in [6.45, 7) is 12.4. The Morgan fingerprint density at radius 2 is 1.92 bits per heavy atom. The van der Waals surface area contributed by atoms with Gasteiger partial charge in [-0.2, -0.15) is 13.2 Å². The lowest BCUT2D eigenvalue weighted by Gasteiger charge is -2.52. The van der Waals surface area contributed by atoms with Gasteiger partial charge in [-0.25, -0.2) is 0 Å². The van der Waals surface area contributed by atoms with Gasteiger partial charge in [0.05, 0.1) is 22.9 Å². The summed E-state index contributed by atoms with van der Waals surface area (Å²) in [5, 5.41) is 7.78. The Morgan fingerprint density at radius 1 is 1.11 bits per heavy atom. The van der Waals surface area contributed by atoms with E-state index in [1.54, 1.807) is 13.0 Å². The molecule has 0 radical (unpaired) electrons. The van der Waals surface area contributed by atoms with Gasteiger partial charge >= 0.3 is 6.18 Å². The average molecular weight is 495 g/mol. The summed E-state index contributed by atoms with van der Waals surface area (Å²) in [5.41, 5.74) is 3.46. The van der Waals surface area contributed by atoms with Crippen LogP contribution in [0.15, 0.2) is 61.1 Å². The highest BCUT2D eigenvalue weighted by molar-refractivity contribution is 5.83. The second kappa shape index (κ2) is 9.43. The van der Waals surface area contributed by atoms with Crippen LogP contribution < -0.4 is 10.6 Å². The van der Waals surface area contributed by atoms with Crippen LogP contribution in [0.4, 0.5) is 18.9 Å². The minimum absolute atomic E-state index is 0.0838. The van der Waals surface area contributed by atoms with E-state index in [9.17, 15) is 13.2 Å². The molecule has 5 atom stereocenters. The minimum atomic E-state index is -4.40. The molecule has 4 nitrogen and oxygen atoms in total. The maximum absolute atomic E-state index is 13.4. The Morgan fingerprint density at radius 3 is 2.61 bits per heavy atom. The number of rotatable bonds is 6. The number of fused-ring (bicyclic) bond motifs is 4. The van der Waals surface area contributed by atoms with Crippen molar-refractivity contribution in [2.45, 2.75) is 51.9 Å². The van der Waals surface area contributed by atoms with Crippen LogP contribution in [-0.2, 0) is 6.18 Å². The number of aryl methyl sites for hydroxylation is 2. The number of benzene rings is 2. The molecule has 2 aromatic carbocycles. The van der Waals surface area contributed by atoms with Crippen molar-refractivity contribution < 1.29 is 13.2 Å². The molecule has 3 aliphatic heterocycles. The van der Waals surface area contributed by atoms with Crippen LogP contribution in [0, 0.1) is 25.7 Å². The topological polar surface area (TPSA) is 40.2 Å². The van der Waals surface area contributed by atoms with Crippen molar-refractivity contribution in [3.05, 3.63) is 83.3 Å². The number of anilines is 1. The number of pyridine rings is 1. The Labute approximate surface area is 210 Å². The minimum Gasteiger partial charge on any atom is -0.364 e. The Kier molecular flexibility index (Phi) is 6.45. The molecule has 3 saturated heterocycles. The van der Waals surface area contributed by atoms with Gasteiger partial charge in [-0.15, -0.1) is 0 Å². The first-order valence-electron chi connectivity index (χ1n) is 12.6. The van der Waals surface area contributed by atoms with Crippen molar-refractivity contribution in [2.75, 3.05) is 18.4 Å². The predicted octanol–water partition coefficient (Wildman–Crippen LogP) is 6.81. The lowest BCUT2D eigenvalue weighted by Crippen LogP contribution is -2.56. The lowest BCUT2D eigenvalue weighted by molar-refractivity contribution is -0.137. The molecule has 2 N–H and O–H groups in total. The van der Waals surface area contributed by atoms with Gasteiger partial charge in [0.2, 0.25) is 0 Å². The smallest absolute Gasteiger partial charge is 0.364 e. The molecule has 36 heavy (non-hydrogen) atoms. The van der Waals surface area contributed by atoms with E-state index in [2.05, 4.69) is 59.1 Å². The van der Waals surface area contributed by atoms with Crippen molar-refractivity contribution in [3.8, 4) is 0 Å². The van der Waals surface area contributed by atoms with Gasteiger partial charge in [-0.05, 0) is 92.6 Å². The number of nitrogens with one attached hydrogen (secondary N) is 2. The van der Waals surface area contributed by atoms with Crippen molar-refractivity contribution in [2.24, 2.45) is 11.8 Å². The molecule has 0 amide bonds. The summed E-state index contributed by atoms with van der Waals surface area (Å²) in [6.07, 6.45) is -0.278. The molecular formula is C29H33F3N4. The Hall–Kier alpha value is -3.06. The highest BCUT2D eigenvalue weighted by atomic mass is 19.4. The molecule has 7 heteroatoms. The van der Waals surface area contributed by atoms with E-state index in [1.165, 1.54) is 6.42 Å². The number of hydrogen-bond acceptors (Lipinski definition) is 4. The molecule has 3 fully saturated rings. The molecule has 0 saturated carbocycles. The molecule has 0 spiro atoms. The van der Waals surface area contributed by atoms with Gasteiger partial charge in [0, 0.05) is 29.9 Å². The maximum Gasteiger partial charge on any atom is 0.416 e. The van der Waals surface area contributed by atoms with E-state index < -0.39 is 11.7 Å². The van der Waals surface area contributed by atoms with Crippen LogP contribution in [0.2, 0.25) is 0 Å². The average Bonchev–Trinajstić information content (AvgIpc) is 2.82. The standard InChI is InChI=1S/C29H33F3N4/c1-17-5-6-26-25(13-17)24(7-9-33-26)28(27-14-21-8-10-36(27)16-19(21)3)35-20(4)34-23-12-18(2)11-22(15-23)29(30,31)32/h5-7,9,11-13,15,19,21,27-28,34-35H,4,8,10,14,16H2,1-3H3/t19?,21?,27?,28-/m1/s1. The predicted molar refractivity (Wildman–Crippen MR) is 139 cm³/mol. The van der Waals surface area contributed by atoms with Gasteiger partial charge < -0.3 is 10.6 Å². The van der Waals surface area contributed by atoms with E-state index in [0.29, 0.717) is 28.9 Å². The molecule has 3 aliphatic rings. The monoisotopic (exact) mass is 494 g/mol. The van der Waals surface area contributed by atoms with Crippen LogP contribution in [-0.4, -0.2) is 29.0 Å². The molecule has 0 aliphatic carbocycles. The van der Waals surface area contributed by atoms with E-state index in [1.807, 2.05) is 12.3 Å². The third-order valence-electron chi connectivity index (χ3n) is 7.81. The largest absolute Gasteiger partial charge is 0.416 e. The Balaban J connectivity index is 1.48. The van der Waals surface area contributed by atoms with Crippen LogP contribution in [0.3, 0.4) is 0 Å². The zero-order valence-electron chi connectivity index (χ0n) is 21.0. The number of piperidine rings is 3. The van der Waals surface area contributed by atoms with Gasteiger partial charge in [0.25, 0.3) is 0 Å². The number of aromatic nitrogens is 1. The van der Waals surface area contributed by atoms with Gasteiger partial charge in [0.1, 0.15) is 0 Å². The molecule has 4 unspecified atom stereocenters. The summed E-state index contributed by atoms with van der Waals surface area (Å²) in [7, 11) is 0. The summed E-state index contributed by atoms with van der Waals surface area (Å²) in [5.74, 6) is 1.82. The SMILES string of the molecule is C=C(Nc1cc(C)cc(C(F)(F)F)c1)N[C@H](c1ccnc2ccc(C)cc12)C1CC2CCN1CC2C. The molecule has 3 aromatic rings. The summed E-state index contributed by atoms with van der Waals surface area (Å²) < 4.78 is 40.1. The normalized spacial score (nSPS) is 24.5. The number of alkyl halides is 3. The first-order chi connectivity index (χ1) is 17.1. The van der Waals surface area contributed by atoms with Gasteiger partial charge in [-0.1, -0.05) is 25.1 Å². The van der Waals surface area contributed by atoms with Crippen LogP contribution in [0.5, 0.6) is 0 Å². The molecule has 2 bridgehead atoms. The third kappa shape index (κ3) is 4.94. The van der Waals surface area contributed by atoms with Crippen LogP contribution in [0.25, 0.3) is 10.9 Å². The number of nitrogens with zero attached hydrogens (tertiary/aromatic N) is 2. The fourth-order valence-corrected chi connectivity index (χ4v) is 6.03. The first-order valence-corrected chi connectivity index (χ1v) is 12.6. The lowest BCUT2D eigenvalue weighted by atomic mass is 9.73. The first kappa shape index (κ1) is 24.6. The highest BCUT2D eigenvalue weighted by Crippen LogP contribution is 2.42. The molecule has 190 valence electrons. The van der Waals surface area contributed by atoms with Crippen molar-refractivity contribution >= 4 is 16.6 Å². The zero-order valence-corrected chi connectivity index (χ0v) is 21.0. The molecule has 1 aromatic heterocycles. The summed E-state index contributed by atoms with van der Waals surface area (Å²) in [4.78, 5) is 7.14. The van der Waals surface area contributed by atoms with Gasteiger partial charge in [0.15, 0.2) is 0 Å². The van der Waals surface area contributed by atoms with Crippen molar-refractivity contribution in [1.29, 1.82) is 0 Å². The Bertz CT molecular complexity index is 1290. The molecule has 6 rings (SSSR count). The highest BCUT2D eigenvalue weighted by Gasteiger charge is 2.42.